The number of halogens is 1. The van der Waals surface area contributed by atoms with Crippen LogP contribution >= 0.6 is 0 Å². The number of hydrogen-bond acceptors (Lipinski definition) is 5. The average Bonchev–Trinajstić information content (AvgIpc) is 3.62. The van der Waals surface area contributed by atoms with Crippen molar-refractivity contribution in [3.05, 3.63) is 83.7 Å². The van der Waals surface area contributed by atoms with Crippen molar-refractivity contribution in [1.82, 2.24) is 34.3 Å². The molecule has 1 aliphatic heterocycles. The Balaban J connectivity index is 1.30. The first kappa shape index (κ1) is 22.6. The van der Waals surface area contributed by atoms with Gasteiger partial charge in [0.2, 0.25) is 0 Å². The van der Waals surface area contributed by atoms with Crippen molar-refractivity contribution in [3.8, 4) is 0 Å². The van der Waals surface area contributed by atoms with Crippen LogP contribution in [0.4, 0.5) is 4.39 Å². The fourth-order valence-electron chi connectivity index (χ4n) is 5.22. The molecule has 0 amide bonds. The summed E-state index contributed by atoms with van der Waals surface area (Å²) in [6, 6.07) is 11.5. The molecule has 1 fully saturated rings. The SMILES string of the molecule is CCc1nn(Cc2cnn(C3CCNC[C@H]3F)c2)c2cccc(CC(=O)c3cnc4ccccn34)c12. The van der Waals surface area contributed by atoms with Gasteiger partial charge in [0.05, 0.1) is 36.2 Å². The molecule has 0 saturated carbocycles. The monoisotopic (exact) mass is 485 g/mol. The number of alkyl halides is 1. The van der Waals surface area contributed by atoms with Gasteiger partial charge in [-0.05, 0) is 43.1 Å². The van der Waals surface area contributed by atoms with Crippen molar-refractivity contribution in [2.24, 2.45) is 0 Å². The number of hydrogen-bond donors (Lipinski definition) is 1. The van der Waals surface area contributed by atoms with E-state index >= 15 is 0 Å². The lowest BCUT2D eigenvalue weighted by atomic mass is 10.0. The highest BCUT2D eigenvalue weighted by Gasteiger charge is 2.27. The zero-order valence-electron chi connectivity index (χ0n) is 20.1. The van der Waals surface area contributed by atoms with Gasteiger partial charge < -0.3 is 5.32 Å². The van der Waals surface area contributed by atoms with Crippen molar-refractivity contribution in [3.63, 3.8) is 0 Å². The summed E-state index contributed by atoms with van der Waals surface area (Å²) in [5.74, 6) is 0.0139. The number of piperidine rings is 1. The summed E-state index contributed by atoms with van der Waals surface area (Å²) in [4.78, 5) is 17.6. The van der Waals surface area contributed by atoms with Gasteiger partial charge >= 0.3 is 0 Å². The Bertz CT molecular complexity index is 1550. The molecule has 0 aliphatic carbocycles. The molecule has 0 spiro atoms. The Hall–Kier alpha value is -3.85. The standard InChI is InChI=1S/C27H28FN7O/c1-2-21-27-19(12-25(36)24-15-30-26-8-3-4-11-33(24)26)6-5-7-23(27)35(32-21)17-18-13-31-34(16-18)22-9-10-29-14-20(22)28/h3-8,11,13,15-16,20,22,29H,2,9-10,12,14,17H2,1H3/t20-,22?/m1/s1. The second-order valence-corrected chi connectivity index (χ2v) is 9.35. The maximum absolute atomic E-state index is 14.4. The van der Waals surface area contributed by atoms with Crippen LogP contribution in [0.3, 0.4) is 0 Å². The average molecular weight is 486 g/mol. The van der Waals surface area contributed by atoms with E-state index in [1.54, 1.807) is 17.1 Å². The van der Waals surface area contributed by atoms with E-state index < -0.39 is 6.17 Å². The van der Waals surface area contributed by atoms with Gasteiger partial charge in [-0.15, -0.1) is 0 Å². The number of imidazole rings is 1. The second-order valence-electron chi connectivity index (χ2n) is 9.35. The fraction of sp³-hybridized carbons (Fsp3) is 0.333. The van der Waals surface area contributed by atoms with Gasteiger partial charge in [-0.2, -0.15) is 10.2 Å². The fourth-order valence-corrected chi connectivity index (χ4v) is 5.22. The molecule has 9 heteroatoms. The van der Waals surface area contributed by atoms with E-state index in [1.165, 1.54) is 0 Å². The molecule has 1 aliphatic rings. The lowest BCUT2D eigenvalue weighted by molar-refractivity contribution is 0.0987. The van der Waals surface area contributed by atoms with E-state index in [4.69, 9.17) is 5.10 Å². The Morgan fingerprint density at radius 3 is 2.97 bits per heavy atom. The summed E-state index contributed by atoms with van der Waals surface area (Å²) in [5.41, 5.74) is 5.20. The number of Topliss-reactive ketones (excluding diaryl/α,β-unsaturated/α-hetero) is 1. The molecule has 0 radical (unpaired) electrons. The Morgan fingerprint density at radius 1 is 1.19 bits per heavy atom. The van der Waals surface area contributed by atoms with Crippen LogP contribution in [-0.4, -0.2) is 54.0 Å². The number of carbonyl (C=O) groups excluding carboxylic acids is 1. The molecular formula is C27H28FN7O. The molecule has 36 heavy (non-hydrogen) atoms. The van der Waals surface area contributed by atoms with Gasteiger partial charge in [-0.25, -0.2) is 9.37 Å². The minimum Gasteiger partial charge on any atom is -0.314 e. The molecule has 184 valence electrons. The Kier molecular flexibility index (Phi) is 5.85. The third kappa shape index (κ3) is 3.99. The number of ketones is 1. The molecule has 5 aromatic rings. The predicted molar refractivity (Wildman–Crippen MR) is 135 cm³/mol. The molecule has 1 unspecified atom stereocenters. The van der Waals surface area contributed by atoms with E-state index in [-0.39, 0.29) is 18.2 Å². The molecule has 1 aromatic carbocycles. The molecule has 2 atom stereocenters. The molecular weight excluding hydrogens is 457 g/mol. The Labute approximate surface area is 207 Å². The van der Waals surface area contributed by atoms with Crippen LogP contribution in [0.15, 0.2) is 61.2 Å². The third-order valence-corrected chi connectivity index (χ3v) is 7.03. The number of aryl methyl sites for hydroxylation is 1. The van der Waals surface area contributed by atoms with Crippen LogP contribution in [-0.2, 0) is 19.4 Å². The predicted octanol–water partition coefficient (Wildman–Crippen LogP) is 3.79. The zero-order chi connectivity index (χ0) is 24.6. The number of carbonyl (C=O) groups is 1. The van der Waals surface area contributed by atoms with Gasteiger partial charge in [0.15, 0.2) is 5.78 Å². The van der Waals surface area contributed by atoms with Crippen LogP contribution in [0.1, 0.15) is 46.7 Å². The van der Waals surface area contributed by atoms with Crippen molar-refractivity contribution in [1.29, 1.82) is 0 Å². The van der Waals surface area contributed by atoms with Crippen molar-refractivity contribution >= 4 is 22.3 Å². The molecule has 1 saturated heterocycles. The van der Waals surface area contributed by atoms with E-state index in [9.17, 15) is 9.18 Å². The minimum atomic E-state index is -0.947. The number of nitrogens with zero attached hydrogens (tertiary/aromatic N) is 6. The minimum absolute atomic E-state index is 0.0139. The first-order chi connectivity index (χ1) is 17.6. The van der Waals surface area contributed by atoms with E-state index in [2.05, 4.69) is 22.3 Å². The van der Waals surface area contributed by atoms with Gasteiger partial charge in [-0.3, -0.25) is 18.6 Å². The second kappa shape index (κ2) is 9.31. The molecule has 6 rings (SSSR count). The molecule has 8 nitrogen and oxygen atoms in total. The maximum atomic E-state index is 14.4. The van der Waals surface area contributed by atoms with E-state index in [1.807, 2.05) is 57.9 Å². The Morgan fingerprint density at radius 2 is 2.11 bits per heavy atom. The number of fused-ring (bicyclic) bond motifs is 2. The van der Waals surface area contributed by atoms with Crippen LogP contribution in [0, 0.1) is 0 Å². The summed E-state index contributed by atoms with van der Waals surface area (Å²) >= 11 is 0. The lowest BCUT2D eigenvalue weighted by Gasteiger charge is -2.26. The number of rotatable bonds is 7. The van der Waals surface area contributed by atoms with Gasteiger partial charge in [-0.1, -0.05) is 25.1 Å². The summed E-state index contributed by atoms with van der Waals surface area (Å²) in [7, 11) is 0. The molecule has 1 N–H and O–H groups in total. The first-order valence-corrected chi connectivity index (χ1v) is 12.4. The number of benzene rings is 1. The molecule has 4 aromatic heterocycles. The zero-order valence-corrected chi connectivity index (χ0v) is 20.1. The number of nitrogens with one attached hydrogen (secondary N) is 1. The van der Waals surface area contributed by atoms with Crippen LogP contribution in [0.25, 0.3) is 16.6 Å². The highest BCUT2D eigenvalue weighted by atomic mass is 19.1. The number of aromatic nitrogens is 6. The summed E-state index contributed by atoms with van der Waals surface area (Å²) in [6.45, 7) is 3.76. The van der Waals surface area contributed by atoms with Crippen LogP contribution in [0.2, 0.25) is 0 Å². The highest BCUT2D eigenvalue weighted by molar-refractivity contribution is 5.99. The van der Waals surface area contributed by atoms with Crippen molar-refractivity contribution < 1.29 is 9.18 Å². The van der Waals surface area contributed by atoms with Crippen molar-refractivity contribution in [2.75, 3.05) is 13.1 Å². The maximum Gasteiger partial charge on any atom is 0.185 e. The van der Waals surface area contributed by atoms with E-state index in [0.717, 1.165) is 52.8 Å². The largest absolute Gasteiger partial charge is 0.314 e. The molecule has 0 bridgehead atoms. The topological polar surface area (TPSA) is 82.0 Å². The van der Waals surface area contributed by atoms with Gasteiger partial charge in [0.1, 0.15) is 17.5 Å². The number of pyridine rings is 1. The highest BCUT2D eigenvalue weighted by Crippen LogP contribution is 2.27. The summed E-state index contributed by atoms with van der Waals surface area (Å²) in [5, 5.41) is 13.5. The van der Waals surface area contributed by atoms with Gasteiger partial charge in [0, 0.05) is 36.3 Å². The third-order valence-electron chi connectivity index (χ3n) is 7.03. The summed E-state index contributed by atoms with van der Waals surface area (Å²) in [6.07, 6.45) is 8.02. The van der Waals surface area contributed by atoms with Gasteiger partial charge in [0.25, 0.3) is 0 Å². The normalized spacial score (nSPS) is 18.3. The quantitative estimate of drug-likeness (QED) is 0.355. The van der Waals surface area contributed by atoms with Crippen LogP contribution in [0.5, 0.6) is 0 Å². The first-order valence-electron chi connectivity index (χ1n) is 12.4. The lowest BCUT2D eigenvalue weighted by Crippen LogP contribution is -2.39. The summed E-state index contributed by atoms with van der Waals surface area (Å²) < 4.78 is 19.9. The van der Waals surface area contributed by atoms with E-state index in [0.29, 0.717) is 18.8 Å². The smallest absolute Gasteiger partial charge is 0.185 e. The molecule has 5 heterocycles. The van der Waals surface area contributed by atoms with Crippen molar-refractivity contribution in [2.45, 2.75) is 44.9 Å². The van der Waals surface area contributed by atoms with Crippen LogP contribution < -0.4 is 5.32 Å².